The Kier molecular flexibility index (Phi) is 8.44. The van der Waals surface area contributed by atoms with Crippen molar-refractivity contribution in [2.45, 2.75) is 63.4 Å². The number of aldehydes is 1. The Morgan fingerprint density at radius 1 is 0.976 bits per heavy atom. The zero-order valence-electron chi connectivity index (χ0n) is 23.6. The molecule has 0 aromatic heterocycles. The van der Waals surface area contributed by atoms with Crippen LogP contribution in [0.4, 0.5) is 4.39 Å². The highest BCUT2D eigenvalue weighted by Crippen LogP contribution is 2.34. The minimum Gasteiger partial charge on any atom is -0.489 e. The molecule has 2 unspecified atom stereocenters. The lowest BCUT2D eigenvalue weighted by Gasteiger charge is -2.34. The van der Waals surface area contributed by atoms with Gasteiger partial charge in [0.1, 0.15) is 18.2 Å². The van der Waals surface area contributed by atoms with Gasteiger partial charge in [0.25, 0.3) is 5.91 Å². The van der Waals surface area contributed by atoms with Crippen molar-refractivity contribution in [1.82, 2.24) is 15.1 Å². The van der Waals surface area contributed by atoms with Crippen molar-refractivity contribution in [2.24, 2.45) is 0 Å². The number of halogens is 1. The molecule has 3 aliphatic rings. The average molecular weight is 570 g/mol. The van der Waals surface area contributed by atoms with Gasteiger partial charge in [0.2, 0.25) is 5.78 Å². The topological polar surface area (TPSA) is 79.0 Å². The number of carbonyl (C=O) groups is 3. The average Bonchev–Trinajstić information content (AvgIpc) is 3.37. The smallest absolute Gasteiger partial charge is 0.254 e. The van der Waals surface area contributed by atoms with E-state index in [1.54, 1.807) is 12.1 Å². The number of ether oxygens (including phenoxy) is 1. The first-order chi connectivity index (χ1) is 20.5. The Morgan fingerprint density at radius 3 is 2.45 bits per heavy atom. The Morgan fingerprint density at radius 2 is 1.74 bits per heavy atom. The maximum Gasteiger partial charge on any atom is 0.254 e. The number of hydrogen-bond acceptors (Lipinski definition) is 6. The number of rotatable bonds is 9. The van der Waals surface area contributed by atoms with Crippen molar-refractivity contribution in [3.8, 4) is 5.75 Å². The predicted octanol–water partition coefficient (Wildman–Crippen LogP) is 4.63. The second-order valence-electron chi connectivity index (χ2n) is 11.6. The number of ketones is 1. The number of hydrogen-bond donors (Lipinski definition) is 1. The van der Waals surface area contributed by atoms with Gasteiger partial charge in [0.15, 0.2) is 6.29 Å². The highest BCUT2D eigenvalue weighted by molar-refractivity contribution is 6.27. The molecule has 2 saturated heterocycles. The van der Waals surface area contributed by atoms with Crippen LogP contribution in [-0.2, 0) is 29.3 Å². The maximum absolute atomic E-state index is 13.6. The highest BCUT2D eigenvalue weighted by Gasteiger charge is 2.37. The van der Waals surface area contributed by atoms with E-state index in [9.17, 15) is 18.8 Å². The summed E-state index contributed by atoms with van der Waals surface area (Å²) in [5, 5.41) is 3.12. The Hall–Kier alpha value is -3.88. The molecule has 218 valence electrons. The fourth-order valence-electron chi connectivity index (χ4n) is 6.53. The van der Waals surface area contributed by atoms with E-state index in [4.69, 9.17) is 4.74 Å². The Bertz CT molecular complexity index is 1440. The lowest BCUT2D eigenvalue weighted by atomic mass is 9.89. The van der Waals surface area contributed by atoms with E-state index in [0.717, 1.165) is 49.2 Å². The van der Waals surface area contributed by atoms with Crippen molar-refractivity contribution < 1.29 is 23.5 Å². The number of carbonyl (C=O) groups excluding carboxylic acids is 3. The van der Waals surface area contributed by atoms with E-state index in [0.29, 0.717) is 56.1 Å². The van der Waals surface area contributed by atoms with Crippen molar-refractivity contribution >= 4 is 18.0 Å². The molecule has 0 radical (unpaired) electrons. The molecule has 0 saturated carbocycles. The summed E-state index contributed by atoms with van der Waals surface area (Å²) in [4.78, 5) is 40.0. The van der Waals surface area contributed by atoms with Gasteiger partial charge in [0.05, 0.1) is 12.6 Å². The monoisotopic (exact) mass is 569 g/mol. The van der Waals surface area contributed by atoms with Crippen LogP contribution in [0.5, 0.6) is 5.75 Å². The van der Waals surface area contributed by atoms with Crippen LogP contribution in [0.2, 0.25) is 0 Å². The van der Waals surface area contributed by atoms with E-state index in [2.05, 4.69) is 34.5 Å². The number of amides is 1. The molecule has 3 aromatic rings. The number of benzene rings is 3. The molecule has 0 spiro atoms. The van der Waals surface area contributed by atoms with Crippen LogP contribution in [0.15, 0.2) is 66.7 Å². The van der Waals surface area contributed by atoms with Crippen LogP contribution in [0.3, 0.4) is 0 Å². The molecule has 42 heavy (non-hydrogen) atoms. The van der Waals surface area contributed by atoms with Gasteiger partial charge in [-0.1, -0.05) is 42.5 Å². The van der Waals surface area contributed by atoms with E-state index in [1.165, 1.54) is 11.6 Å². The molecule has 2 fully saturated rings. The number of likely N-dealkylation sites (tertiary alicyclic amines) is 1. The number of fused-ring (bicyclic) bond motifs is 1. The third-order valence-corrected chi connectivity index (χ3v) is 8.97. The summed E-state index contributed by atoms with van der Waals surface area (Å²) in [5.41, 5.74) is 4.97. The summed E-state index contributed by atoms with van der Waals surface area (Å²) < 4.78 is 19.8. The van der Waals surface area contributed by atoms with E-state index in [1.807, 2.05) is 29.2 Å². The molecule has 3 aromatic carbocycles. The number of nitrogens with zero attached hydrogens (tertiary/aromatic N) is 2. The maximum atomic E-state index is 13.6. The Balaban J connectivity index is 1.01. The summed E-state index contributed by atoms with van der Waals surface area (Å²) in [5.74, 6) is 0.520. The Labute approximate surface area is 245 Å². The summed E-state index contributed by atoms with van der Waals surface area (Å²) in [6.07, 6.45) is 3.65. The number of Topliss-reactive ketones (excluding diaryl/α,β-unsaturated/α-hetero) is 1. The van der Waals surface area contributed by atoms with Gasteiger partial charge >= 0.3 is 0 Å². The SMILES string of the molecule is O=CC(=O)C1CCC(N2Cc3c(OCc4ccc(CN5CCC(c6cccc(F)c6)CC5)cc4)cccc3C2=O)CN1. The molecule has 0 bridgehead atoms. The van der Waals surface area contributed by atoms with Crippen LogP contribution in [0.1, 0.15) is 64.2 Å². The molecule has 8 heteroatoms. The summed E-state index contributed by atoms with van der Waals surface area (Å²) in [7, 11) is 0. The van der Waals surface area contributed by atoms with Crippen molar-refractivity contribution in [3.05, 3.63) is 100 Å². The fraction of sp³-hybridized carbons (Fsp3) is 0.382. The molecular formula is C34H36FN3O4. The molecule has 0 aliphatic carbocycles. The van der Waals surface area contributed by atoms with Crippen molar-refractivity contribution in [2.75, 3.05) is 19.6 Å². The fourth-order valence-corrected chi connectivity index (χ4v) is 6.53. The molecular weight excluding hydrogens is 533 g/mol. The minimum absolute atomic E-state index is 0.0215. The molecule has 6 rings (SSSR count). The van der Waals surface area contributed by atoms with Crippen molar-refractivity contribution in [3.63, 3.8) is 0 Å². The summed E-state index contributed by atoms with van der Waals surface area (Å²) in [6.45, 7) is 4.24. The second kappa shape index (κ2) is 12.5. The first-order valence-electron chi connectivity index (χ1n) is 14.8. The molecule has 1 N–H and O–H groups in total. The molecule has 7 nitrogen and oxygen atoms in total. The zero-order chi connectivity index (χ0) is 29.1. The number of piperidine rings is 2. The third-order valence-electron chi connectivity index (χ3n) is 8.97. The first-order valence-corrected chi connectivity index (χ1v) is 14.8. The minimum atomic E-state index is -0.455. The van der Waals surface area contributed by atoms with Crippen LogP contribution < -0.4 is 10.1 Å². The van der Waals surface area contributed by atoms with Gasteiger partial charge in [-0.15, -0.1) is 0 Å². The summed E-state index contributed by atoms with van der Waals surface area (Å²) in [6, 6.07) is 20.6. The van der Waals surface area contributed by atoms with E-state index >= 15 is 0 Å². The first kappa shape index (κ1) is 28.2. The van der Waals surface area contributed by atoms with Gasteiger partial charge in [-0.2, -0.15) is 0 Å². The summed E-state index contributed by atoms with van der Waals surface area (Å²) >= 11 is 0. The normalized spacial score (nSPS) is 21.3. The van der Waals surface area contributed by atoms with Gasteiger partial charge in [-0.3, -0.25) is 19.3 Å². The quantitative estimate of drug-likeness (QED) is 0.299. The lowest BCUT2D eigenvalue weighted by Crippen LogP contribution is -2.52. The van der Waals surface area contributed by atoms with Gasteiger partial charge in [0, 0.05) is 30.3 Å². The molecule has 3 heterocycles. The second-order valence-corrected chi connectivity index (χ2v) is 11.6. The number of nitrogens with one attached hydrogen (secondary N) is 1. The van der Waals surface area contributed by atoms with Gasteiger partial charge in [-0.25, -0.2) is 4.39 Å². The van der Waals surface area contributed by atoms with Crippen molar-refractivity contribution in [1.29, 1.82) is 0 Å². The standard InChI is InChI=1S/C34H36FN3O4/c35-27-4-1-3-26(17-27)25-13-15-37(16-14-25)19-23-7-9-24(10-8-23)22-42-33-6-2-5-29-30(33)20-38(34(29)41)28-11-12-31(36-18-28)32(40)21-39/h1-10,17,21,25,28,31,36H,11-16,18-20,22H2. The largest absolute Gasteiger partial charge is 0.489 e. The molecule has 1 amide bonds. The van der Waals surface area contributed by atoms with Gasteiger partial charge in [-0.05, 0) is 85.6 Å². The van der Waals surface area contributed by atoms with E-state index < -0.39 is 11.8 Å². The zero-order valence-corrected chi connectivity index (χ0v) is 23.6. The van der Waals surface area contributed by atoms with E-state index in [-0.39, 0.29) is 17.8 Å². The van der Waals surface area contributed by atoms with Gasteiger partial charge < -0.3 is 15.0 Å². The highest BCUT2D eigenvalue weighted by atomic mass is 19.1. The molecule has 3 aliphatic heterocycles. The van der Waals surface area contributed by atoms with Crippen LogP contribution >= 0.6 is 0 Å². The third kappa shape index (κ3) is 6.15. The van der Waals surface area contributed by atoms with Crippen LogP contribution in [-0.4, -0.2) is 59.5 Å². The predicted molar refractivity (Wildman–Crippen MR) is 157 cm³/mol. The van der Waals surface area contributed by atoms with Crippen LogP contribution in [0, 0.1) is 5.82 Å². The van der Waals surface area contributed by atoms with Crippen LogP contribution in [0.25, 0.3) is 0 Å². The lowest BCUT2D eigenvalue weighted by molar-refractivity contribution is -0.131. The molecule has 2 atom stereocenters.